The quantitative estimate of drug-likeness (QED) is 0.763. The second-order valence-corrected chi connectivity index (χ2v) is 6.60. The molecule has 0 saturated carbocycles. The van der Waals surface area contributed by atoms with Crippen molar-refractivity contribution in [2.75, 3.05) is 6.54 Å². The standard InChI is InChI=1S/C17H18N2O3S/c1-2-11-18-17(20)15-9-6-10-16(12-15)23(21,22)19-13-14-7-4-3-5-8-14/h2-10,12,19H,1,11,13H2,(H,18,20). The van der Waals surface area contributed by atoms with Crippen LogP contribution in [-0.2, 0) is 16.6 Å². The van der Waals surface area contributed by atoms with Gasteiger partial charge in [0, 0.05) is 18.7 Å². The third-order valence-corrected chi connectivity index (χ3v) is 4.52. The molecule has 5 nitrogen and oxygen atoms in total. The van der Waals surface area contributed by atoms with Crippen LogP contribution in [0.3, 0.4) is 0 Å². The van der Waals surface area contributed by atoms with Gasteiger partial charge in [-0.3, -0.25) is 4.79 Å². The lowest BCUT2D eigenvalue weighted by Gasteiger charge is -2.08. The molecule has 2 rings (SSSR count). The maximum Gasteiger partial charge on any atom is 0.251 e. The largest absolute Gasteiger partial charge is 0.349 e. The molecule has 2 aromatic carbocycles. The first kappa shape index (κ1) is 16.9. The maximum atomic E-state index is 12.3. The molecule has 0 unspecified atom stereocenters. The Morgan fingerprint density at radius 3 is 2.52 bits per heavy atom. The Bertz CT molecular complexity index is 786. The maximum absolute atomic E-state index is 12.3. The molecule has 0 saturated heterocycles. The Labute approximate surface area is 136 Å². The SMILES string of the molecule is C=CCNC(=O)c1cccc(S(=O)(=O)NCc2ccccc2)c1. The van der Waals surface area contributed by atoms with Crippen LogP contribution in [0.15, 0.2) is 72.1 Å². The van der Waals surface area contributed by atoms with Crippen molar-refractivity contribution in [1.82, 2.24) is 10.0 Å². The molecule has 0 aromatic heterocycles. The summed E-state index contributed by atoms with van der Waals surface area (Å²) >= 11 is 0. The molecule has 120 valence electrons. The summed E-state index contributed by atoms with van der Waals surface area (Å²) in [5, 5.41) is 2.61. The molecule has 0 aliphatic carbocycles. The summed E-state index contributed by atoms with van der Waals surface area (Å²) in [6.45, 7) is 4.03. The van der Waals surface area contributed by atoms with Gasteiger partial charge >= 0.3 is 0 Å². The first-order chi connectivity index (χ1) is 11.0. The summed E-state index contributed by atoms with van der Waals surface area (Å²) < 4.78 is 27.2. The zero-order valence-electron chi connectivity index (χ0n) is 12.5. The molecule has 0 heterocycles. The van der Waals surface area contributed by atoms with Gasteiger partial charge in [-0.05, 0) is 23.8 Å². The topological polar surface area (TPSA) is 75.3 Å². The summed E-state index contributed by atoms with van der Waals surface area (Å²) in [6, 6.07) is 15.1. The molecule has 1 amide bonds. The summed E-state index contributed by atoms with van der Waals surface area (Å²) in [7, 11) is -3.69. The molecule has 6 heteroatoms. The zero-order valence-corrected chi connectivity index (χ0v) is 13.3. The van der Waals surface area contributed by atoms with E-state index in [1.54, 1.807) is 18.2 Å². The highest BCUT2D eigenvalue weighted by Crippen LogP contribution is 2.12. The number of rotatable bonds is 7. The molecule has 23 heavy (non-hydrogen) atoms. The van der Waals surface area contributed by atoms with Crippen molar-refractivity contribution in [3.05, 3.63) is 78.4 Å². The van der Waals surface area contributed by atoms with Crippen LogP contribution >= 0.6 is 0 Å². The third-order valence-electron chi connectivity index (χ3n) is 3.12. The van der Waals surface area contributed by atoms with Crippen molar-refractivity contribution in [2.45, 2.75) is 11.4 Å². The second kappa shape index (κ2) is 7.71. The van der Waals surface area contributed by atoms with E-state index in [0.717, 1.165) is 5.56 Å². The molecule has 0 radical (unpaired) electrons. The average Bonchev–Trinajstić information content (AvgIpc) is 2.59. The number of amides is 1. The van der Waals surface area contributed by atoms with Crippen molar-refractivity contribution >= 4 is 15.9 Å². The Morgan fingerprint density at radius 1 is 1.09 bits per heavy atom. The average molecular weight is 330 g/mol. The molecule has 0 aliphatic heterocycles. The van der Waals surface area contributed by atoms with Gasteiger partial charge in [0.25, 0.3) is 5.91 Å². The lowest BCUT2D eigenvalue weighted by atomic mass is 10.2. The lowest BCUT2D eigenvalue weighted by molar-refractivity contribution is 0.0958. The van der Waals surface area contributed by atoms with Crippen molar-refractivity contribution in [2.24, 2.45) is 0 Å². The number of carbonyl (C=O) groups excluding carboxylic acids is 1. The summed E-state index contributed by atoms with van der Waals surface area (Å²) in [4.78, 5) is 11.9. The van der Waals surface area contributed by atoms with Gasteiger partial charge in [0.2, 0.25) is 10.0 Å². The fourth-order valence-electron chi connectivity index (χ4n) is 1.93. The number of sulfonamides is 1. The molecule has 2 aromatic rings. The molecule has 0 fully saturated rings. The van der Waals surface area contributed by atoms with Gasteiger partial charge < -0.3 is 5.32 Å². The van der Waals surface area contributed by atoms with Gasteiger partial charge in [-0.25, -0.2) is 13.1 Å². The number of benzene rings is 2. The van der Waals surface area contributed by atoms with E-state index in [4.69, 9.17) is 0 Å². The van der Waals surface area contributed by atoms with Gasteiger partial charge in [0.15, 0.2) is 0 Å². The summed E-state index contributed by atoms with van der Waals surface area (Å²) in [5.41, 5.74) is 1.14. The van der Waals surface area contributed by atoms with Crippen molar-refractivity contribution in [1.29, 1.82) is 0 Å². The fourth-order valence-corrected chi connectivity index (χ4v) is 2.99. The first-order valence-corrected chi connectivity index (χ1v) is 8.54. The van der Waals surface area contributed by atoms with E-state index in [1.807, 2.05) is 30.3 Å². The van der Waals surface area contributed by atoms with Crippen LogP contribution in [0.2, 0.25) is 0 Å². The van der Waals surface area contributed by atoms with Gasteiger partial charge in [0.1, 0.15) is 0 Å². The smallest absolute Gasteiger partial charge is 0.251 e. The molecule has 2 N–H and O–H groups in total. The molecule has 0 spiro atoms. The van der Waals surface area contributed by atoms with Crippen LogP contribution in [0.5, 0.6) is 0 Å². The Morgan fingerprint density at radius 2 is 1.83 bits per heavy atom. The molecule has 0 bridgehead atoms. The van der Waals surface area contributed by atoms with E-state index < -0.39 is 10.0 Å². The summed E-state index contributed by atoms with van der Waals surface area (Å²) in [5.74, 6) is -0.343. The van der Waals surface area contributed by atoms with Gasteiger partial charge in [-0.15, -0.1) is 6.58 Å². The van der Waals surface area contributed by atoms with E-state index in [2.05, 4.69) is 16.6 Å². The van der Waals surface area contributed by atoms with Crippen LogP contribution in [0.1, 0.15) is 15.9 Å². The van der Waals surface area contributed by atoms with Crippen LogP contribution < -0.4 is 10.0 Å². The molecular formula is C17H18N2O3S. The Balaban J connectivity index is 2.13. The Kier molecular flexibility index (Phi) is 5.67. The highest BCUT2D eigenvalue weighted by molar-refractivity contribution is 7.89. The van der Waals surface area contributed by atoms with Crippen molar-refractivity contribution in [3.63, 3.8) is 0 Å². The minimum absolute atomic E-state index is 0.0553. The highest BCUT2D eigenvalue weighted by Gasteiger charge is 2.15. The van der Waals surface area contributed by atoms with E-state index >= 15 is 0 Å². The first-order valence-electron chi connectivity index (χ1n) is 7.05. The monoisotopic (exact) mass is 330 g/mol. The normalized spacial score (nSPS) is 11.0. The van der Waals surface area contributed by atoms with Crippen LogP contribution in [0.4, 0.5) is 0 Å². The molecular weight excluding hydrogens is 312 g/mol. The van der Waals surface area contributed by atoms with Crippen LogP contribution in [-0.4, -0.2) is 20.9 Å². The number of nitrogens with one attached hydrogen (secondary N) is 2. The van der Waals surface area contributed by atoms with E-state index in [1.165, 1.54) is 12.1 Å². The number of carbonyl (C=O) groups is 1. The van der Waals surface area contributed by atoms with Crippen molar-refractivity contribution in [3.8, 4) is 0 Å². The van der Waals surface area contributed by atoms with E-state index in [9.17, 15) is 13.2 Å². The summed E-state index contributed by atoms with van der Waals surface area (Å²) in [6.07, 6.45) is 1.56. The van der Waals surface area contributed by atoms with Gasteiger partial charge in [0.05, 0.1) is 4.90 Å². The second-order valence-electron chi connectivity index (χ2n) is 4.84. The Hall–Kier alpha value is -2.44. The van der Waals surface area contributed by atoms with E-state index in [0.29, 0.717) is 6.54 Å². The predicted octanol–water partition coefficient (Wildman–Crippen LogP) is 2.08. The molecule has 0 atom stereocenters. The van der Waals surface area contributed by atoms with E-state index in [-0.39, 0.29) is 22.9 Å². The zero-order chi connectivity index (χ0) is 16.7. The van der Waals surface area contributed by atoms with Gasteiger partial charge in [-0.1, -0.05) is 42.5 Å². The lowest BCUT2D eigenvalue weighted by Crippen LogP contribution is -2.25. The van der Waals surface area contributed by atoms with Crippen LogP contribution in [0, 0.1) is 0 Å². The van der Waals surface area contributed by atoms with Gasteiger partial charge in [-0.2, -0.15) is 0 Å². The third kappa shape index (κ3) is 4.77. The van der Waals surface area contributed by atoms with Crippen molar-refractivity contribution < 1.29 is 13.2 Å². The number of hydrogen-bond donors (Lipinski definition) is 2. The minimum Gasteiger partial charge on any atom is -0.349 e. The fraction of sp³-hybridized carbons (Fsp3) is 0.118. The highest BCUT2D eigenvalue weighted by atomic mass is 32.2. The minimum atomic E-state index is -3.69. The predicted molar refractivity (Wildman–Crippen MR) is 89.4 cm³/mol. The van der Waals surface area contributed by atoms with Crippen LogP contribution in [0.25, 0.3) is 0 Å². The number of hydrogen-bond acceptors (Lipinski definition) is 3. The molecule has 0 aliphatic rings.